The van der Waals surface area contributed by atoms with Crippen LogP contribution in [0.1, 0.15) is 11.1 Å². The van der Waals surface area contributed by atoms with Crippen LogP contribution in [0.3, 0.4) is 0 Å². The molecule has 1 heterocycles. The summed E-state index contributed by atoms with van der Waals surface area (Å²) in [6.07, 6.45) is 1.48. The fraction of sp³-hybridized carbons (Fsp3) is 0.182. The molecule has 0 aliphatic carbocycles. The fourth-order valence-corrected chi connectivity index (χ4v) is 1.61. The van der Waals surface area contributed by atoms with Crippen molar-refractivity contribution in [3.8, 4) is 0 Å². The molecule has 84 valence electrons. The second kappa shape index (κ2) is 4.14. The van der Waals surface area contributed by atoms with Gasteiger partial charge in [0.2, 0.25) is 0 Å². The molecule has 0 saturated carbocycles. The summed E-state index contributed by atoms with van der Waals surface area (Å²) in [4.78, 5) is 0. The quantitative estimate of drug-likeness (QED) is 0.876. The molecule has 0 bridgehead atoms. The Morgan fingerprint density at radius 3 is 2.88 bits per heavy atom. The van der Waals surface area contributed by atoms with Gasteiger partial charge in [0.1, 0.15) is 16.7 Å². The summed E-state index contributed by atoms with van der Waals surface area (Å²) in [5, 5.41) is 4.43. The van der Waals surface area contributed by atoms with Crippen molar-refractivity contribution in [1.82, 2.24) is 9.78 Å². The Balaban J connectivity index is 2.33. The zero-order valence-electron chi connectivity index (χ0n) is 8.74. The molecule has 0 spiro atoms. The first kappa shape index (κ1) is 11.0. The van der Waals surface area contributed by atoms with Crippen molar-refractivity contribution < 1.29 is 4.39 Å². The molecule has 5 heteroatoms. The Morgan fingerprint density at radius 1 is 1.50 bits per heavy atom. The summed E-state index contributed by atoms with van der Waals surface area (Å²) in [5.41, 5.74) is 7.55. The summed E-state index contributed by atoms with van der Waals surface area (Å²) in [5.74, 6) is 0.128. The zero-order chi connectivity index (χ0) is 11.7. The second-order valence-electron chi connectivity index (χ2n) is 3.61. The first-order valence-corrected chi connectivity index (χ1v) is 5.17. The number of hydrogen-bond donors (Lipinski definition) is 1. The van der Waals surface area contributed by atoms with Crippen LogP contribution in [0.5, 0.6) is 0 Å². The van der Waals surface area contributed by atoms with Crippen LogP contribution in [0.25, 0.3) is 0 Å². The lowest BCUT2D eigenvalue weighted by molar-refractivity contribution is 0.619. The van der Waals surface area contributed by atoms with E-state index in [0.717, 1.165) is 11.1 Å². The average Bonchev–Trinajstić information content (AvgIpc) is 2.55. The third-order valence-electron chi connectivity index (χ3n) is 2.46. The topological polar surface area (TPSA) is 43.8 Å². The van der Waals surface area contributed by atoms with Gasteiger partial charge in [-0.15, -0.1) is 0 Å². The van der Waals surface area contributed by atoms with Crippen molar-refractivity contribution in [1.29, 1.82) is 0 Å². The molecule has 2 rings (SSSR count). The number of benzene rings is 1. The lowest BCUT2D eigenvalue weighted by Crippen LogP contribution is -2.07. The molecule has 1 aromatic carbocycles. The summed E-state index contributed by atoms with van der Waals surface area (Å²) < 4.78 is 14.6. The Morgan fingerprint density at radius 2 is 2.25 bits per heavy atom. The van der Waals surface area contributed by atoms with Crippen LogP contribution < -0.4 is 5.73 Å². The normalized spacial score (nSPS) is 10.7. The van der Waals surface area contributed by atoms with Gasteiger partial charge in [-0.3, -0.25) is 0 Å². The van der Waals surface area contributed by atoms with E-state index in [1.807, 2.05) is 6.92 Å². The molecule has 0 unspecified atom stereocenters. The standard InChI is InChI=1S/C11H11ClFN3/c1-7-2-3-9(13)4-8(7)6-16-11(14)10(12)5-15-16/h2-5H,6,14H2,1H3. The first-order chi connectivity index (χ1) is 7.58. The number of rotatable bonds is 2. The van der Waals surface area contributed by atoms with Gasteiger partial charge in [0.25, 0.3) is 0 Å². The van der Waals surface area contributed by atoms with Crippen LogP contribution >= 0.6 is 11.6 Å². The van der Waals surface area contributed by atoms with Gasteiger partial charge in [0, 0.05) is 0 Å². The molecule has 2 aromatic rings. The molecule has 0 atom stereocenters. The minimum absolute atomic E-state index is 0.266. The summed E-state index contributed by atoms with van der Waals surface area (Å²) >= 11 is 5.78. The monoisotopic (exact) mass is 239 g/mol. The van der Waals surface area contributed by atoms with Crippen molar-refractivity contribution in [2.45, 2.75) is 13.5 Å². The highest BCUT2D eigenvalue weighted by Crippen LogP contribution is 2.19. The molecule has 1 aromatic heterocycles. The van der Waals surface area contributed by atoms with E-state index in [4.69, 9.17) is 17.3 Å². The minimum atomic E-state index is -0.266. The maximum absolute atomic E-state index is 13.1. The number of anilines is 1. The van der Waals surface area contributed by atoms with Crippen molar-refractivity contribution in [2.75, 3.05) is 5.73 Å². The number of hydrogen-bond acceptors (Lipinski definition) is 2. The highest BCUT2D eigenvalue weighted by molar-refractivity contribution is 6.32. The molecule has 0 aliphatic heterocycles. The van der Waals surface area contributed by atoms with Gasteiger partial charge >= 0.3 is 0 Å². The molecule has 0 saturated heterocycles. The van der Waals surface area contributed by atoms with E-state index in [2.05, 4.69) is 5.10 Å². The molecular weight excluding hydrogens is 229 g/mol. The van der Waals surface area contributed by atoms with Crippen LogP contribution in [0, 0.1) is 12.7 Å². The predicted octanol–water partition coefficient (Wildman–Crippen LogP) is 2.61. The van der Waals surface area contributed by atoms with Crippen LogP contribution in [0.15, 0.2) is 24.4 Å². The Hall–Kier alpha value is -1.55. The molecular formula is C11H11ClFN3. The van der Waals surface area contributed by atoms with Crippen LogP contribution in [-0.4, -0.2) is 9.78 Å². The SMILES string of the molecule is Cc1ccc(F)cc1Cn1ncc(Cl)c1N. The van der Waals surface area contributed by atoms with Crippen molar-refractivity contribution in [2.24, 2.45) is 0 Å². The summed E-state index contributed by atoms with van der Waals surface area (Å²) in [6.45, 7) is 2.33. The Bertz CT molecular complexity index is 522. The number of aromatic nitrogens is 2. The maximum Gasteiger partial charge on any atom is 0.140 e. The van der Waals surface area contributed by atoms with E-state index >= 15 is 0 Å². The molecule has 0 aliphatic rings. The molecule has 2 N–H and O–H groups in total. The third-order valence-corrected chi connectivity index (χ3v) is 2.76. The van der Waals surface area contributed by atoms with E-state index in [9.17, 15) is 4.39 Å². The van der Waals surface area contributed by atoms with Crippen molar-refractivity contribution in [3.05, 3.63) is 46.4 Å². The second-order valence-corrected chi connectivity index (χ2v) is 4.01. The van der Waals surface area contributed by atoms with Crippen LogP contribution in [0.2, 0.25) is 5.02 Å². The number of halogens is 2. The lowest BCUT2D eigenvalue weighted by atomic mass is 10.1. The Labute approximate surface area is 97.6 Å². The van der Waals surface area contributed by atoms with E-state index in [1.165, 1.54) is 18.3 Å². The maximum atomic E-state index is 13.1. The highest BCUT2D eigenvalue weighted by Gasteiger charge is 2.07. The molecule has 0 fully saturated rings. The van der Waals surface area contributed by atoms with Gasteiger partial charge in [0.05, 0.1) is 12.7 Å². The smallest absolute Gasteiger partial charge is 0.140 e. The molecule has 0 amide bonds. The van der Waals surface area contributed by atoms with Crippen LogP contribution in [-0.2, 0) is 6.54 Å². The first-order valence-electron chi connectivity index (χ1n) is 4.79. The van der Waals surface area contributed by atoms with E-state index in [1.54, 1.807) is 10.7 Å². The predicted molar refractivity (Wildman–Crippen MR) is 61.9 cm³/mol. The minimum Gasteiger partial charge on any atom is -0.383 e. The summed E-state index contributed by atoms with van der Waals surface area (Å²) in [7, 11) is 0. The zero-order valence-corrected chi connectivity index (χ0v) is 9.50. The van der Waals surface area contributed by atoms with Gasteiger partial charge in [-0.05, 0) is 30.2 Å². The van der Waals surface area contributed by atoms with Gasteiger partial charge in [-0.2, -0.15) is 5.10 Å². The fourth-order valence-electron chi connectivity index (χ4n) is 1.47. The third kappa shape index (κ3) is 2.02. The summed E-state index contributed by atoms with van der Waals surface area (Å²) in [6, 6.07) is 4.63. The van der Waals surface area contributed by atoms with Crippen molar-refractivity contribution in [3.63, 3.8) is 0 Å². The van der Waals surface area contributed by atoms with Gasteiger partial charge in [0.15, 0.2) is 0 Å². The van der Waals surface area contributed by atoms with Crippen molar-refractivity contribution >= 4 is 17.4 Å². The largest absolute Gasteiger partial charge is 0.383 e. The van der Waals surface area contributed by atoms with E-state index in [-0.39, 0.29) is 5.82 Å². The molecule has 16 heavy (non-hydrogen) atoms. The van der Waals surface area contributed by atoms with Crippen LogP contribution in [0.4, 0.5) is 10.2 Å². The van der Waals surface area contributed by atoms with Gasteiger partial charge in [-0.25, -0.2) is 9.07 Å². The number of nitrogens with zero attached hydrogens (tertiary/aromatic N) is 2. The van der Waals surface area contributed by atoms with E-state index < -0.39 is 0 Å². The van der Waals surface area contributed by atoms with Gasteiger partial charge in [-0.1, -0.05) is 17.7 Å². The lowest BCUT2D eigenvalue weighted by Gasteiger charge is -2.07. The highest BCUT2D eigenvalue weighted by atomic mass is 35.5. The van der Waals surface area contributed by atoms with E-state index in [0.29, 0.717) is 17.4 Å². The Kier molecular flexibility index (Phi) is 2.83. The molecule has 3 nitrogen and oxygen atoms in total. The number of aryl methyl sites for hydroxylation is 1. The molecule has 0 radical (unpaired) electrons. The van der Waals surface area contributed by atoms with Gasteiger partial charge < -0.3 is 5.73 Å². The average molecular weight is 240 g/mol. The number of nitrogens with two attached hydrogens (primary N) is 1. The number of nitrogen functional groups attached to an aromatic ring is 1.